The fraction of sp³-hybridized carbons (Fsp3) is 0. The van der Waals surface area contributed by atoms with Crippen LogP contribution in [0.15, 0.2) is 34.0 Å². The van der Waals surface area contributed by atoms with Crippen LogP contribution in [0.25, 0.3) is 3.58 Å². The molecule has 0 aromatic heterocycles. The molecule has 0 atom stereocenters. The van der Waals surface area contributed by atoms with Crippen LogP contribution in [-0.2, 0) is 0 Å². The van der Waals surface area contributed by atoms with Gasteiger partial charge in [0, 0.05) is 22.6 Å². The second kappa shape index (κ2) is 4.89. The molecule has 1 aromatic carbocycles. The maximum absolute atomic E-state index is 10.4. The van der Waals surface area contributed by atoms with Crippen LogP contribution in [0.1, 0.15) is 5.56 Å². The summed E-state index contributed by atoms with van der Waals surface area (Å²) in [5.74, 6) is 0. The first-order valence-electron chi connectivity index (χ1n) is 3.38. The minimum Gasteiger partial charge on any atom is -0.258 e. The van der Waals surface area contributed by atoms with E-state index in [4.69, 9.17) is 0 Å². The topological polar surface area (TPSA) is 43.1 Å². The third-order valence-electron chi connectivity index (χ3n) is 1.37. The number of nitrogens with zero attached hydrogens (tertiary/aromatic N) is 1. The van der Waals surface area contributed by atoms with Crippen molar-refractivity contribution < 1.29 is 4.92 Å². The van der Waals surface area contributed by atoms with Crippen LogP contribution in [0.3, 0.4) is 0 Å². The number of hydrogen-bond donors (Lipinski definition) is 0. The highest BCUT2D eigenvalue weighted by Crippen LogP contribution is 2.29. The minimum absolute atomic E-state index is 0.157. The molecule has 0 bridgehead atoms. The van der Waals surface area contributed by atoms with Gasteiger partial charge in [0.05, 0.1) is 4.92 Å². The third-order valence-corrected chi connectivity index (χ3v) is 4.47. The quantitative estimate of drug-likeness (QED) is 0.330. The van der Waals surface area contributed by atoms with Crippen LogP contribution in [-0.4, -0.2) is 4.92 Å². The van der Waals surface area contributed by atoms with E-state index in [0.29, 0.717) is 3.58 Å². The Morgan fingerprint density at radius 1 is 1.23 bits per heavy atom. The van der Waals surface area contributed by atoms with E-state index in [2.05, 4.69) is 0 Å². The Hall–Kier alpha value is -0.180. The van der Waals surface area contributed by atoms with Gasteiger partial charge >= 0.3 is 3.70 Å². The molecular formula is C8H5I2NO2. The summed E-state index contributed by atoms with van der Waals surface area (Å²) in [5, 5.41) is 10.4. The van der Waals surface area contributed by atoms with E-state index in [1.165, 1.54) is 0 Å². The summed E-state index contributed by atoms with van der Waals surface area (Å²) in [6.45, 7) is 0. The van der Waals surface area contributed by atoms with Crippen molar-refractivity contribution >= 4 is 48.8 Å². The molecule has 13 heavy (non-hydrogen) atoms. The fourth-order valence-electron chi connectivity index (χ4n) is 0.784. The van der Waals surface area contributed by atoms with Gasteiger partial charge in [0.25, 0.3) is 0 Å². The molecule has 0 saturated heterocycles. The summed E-state index contributed by atoms with van der Waals surface area (Å²) >= 11 is 3.71. The highest BCUT2D eigenvalue weighted by atomic mass is 127. The molecule has 0 spiro atoms. The smallest absolute Gasteiger partial charge is 0.258 e. The van der Waals surface area contributed by atoms with Gasteiger partial charge in [0.2, 0.25) is 0 Å². The lowest BCUT2D eigenvalue weighted by molar-refractivity contribution is -0.405. The molecule has 3 nitrogen and oxygen atoms in total. The van der Waals surface area contributed by atoms with Gasteiger partial charge in [-0.1, -0.05) is 30.3 Å². The zero-order valence-corrected chi connectivity index (χ0v) is 10.7. The zero-order chi connectivity index (χ0) is 9.84. The number of rotatable bonds is 2. The van der Waals surface area contributed by atoms with E-state index in [0.717, 1.165) is 5.56 Å². The van der Waals surface area contributed by atoms with Crippen molar-refractivity contribution in [3.05, 3.63) is 49.7 Å². The standard InChI is InChI=1S/C8H5I2NO2/c9-7(8(10)11(12)13)6-4-2-1-3-5-6/h1-5H. The summed E-state index contributed by atoms with van der Waals surface area (Å²) in [5.41, 5.74) is 0.879. The molecule has 1 rings (SSSR count). The van der Waals surface area contributed by atoms with Crippen molar-refractivity contribution in [2.75, 3.05) is 0 Å². The first-order valence-corrected chi connectivity index (χ1v) is 5.53. The highest BCUT2D eigenvalue weighted by Gasteiger charge is 2.12. The Kier molecular flexibility index (Phi) is 4.10. The average Bonchev–Trinajstić information content (AvgIpc) is 2.17. The molecule has 0 heterocycles. The Labute approximate surface area is 103 Å². The summed E-state index contributed by atoms with van der Waals surface area (Å²) < 4.78 is 0.827. The molecule has 0 aliphatic heterocycles. The molecular weight excluding hydrogens is 396 g/mol. The predicted octanol–water partition coefficient (Wildman–Crippen LogP) is 3.46. The molecule has 0 fully saturated rings. The van der Waals surface area contributed by atoms with Crippen LogP contribution in [0, 0.1) is 10.1 Å². The Bertz CT molecular complexity index is 348. The van der Waals surface area contributed by atoms with E-state index < -0.39 is 0 Å². The Balaban J connectivity index is 3.11. The van der Waals surface area contributed by atoms with Gasteiger partial charge in [0.1, 0.15) is 3.58 Å². The monoisotopic (exact) mass is 401 g/mol. The Morgan fingerprint density at radius 2 is 1.77 bits per heavy atom. The normalized spacial score (nSPS) is 12.2. The van der Waals surface area contributed by atoms with Crippen LogP contribution in [0.2, 0.25) is 0 Å². The molecule has 0 saturated carbocycles. The van der Waals surface area contributed by atoms with Gasteiger partial charge in [-0.25, -0.2) is 0 Å². The van der Waals surface area contributed by atoms with E-state index in [1.807, 2.05) is 52.9 Å². The molecule has 68 valence electrons. The molecule has 0 unspecified atom stereocenters. The van der Waals surface area contributed by atoms with E-state index in [-0.39, 0.29) is 8.63 Å². The summed E-state index contributed by atoms with van der Waals surface area (Å²) in [6, 6.07) is 9.30. The van der Waals surface area contributed by atoms with E-state index in [9.17, 15) is 10.1 Å². The minimum atomic E-state index is -0.380. The molecule has 0 aliphatic rings. The third kappa shape index (κ3) is 2.90. The van der Waals surface area contributed by atoms with Crippen molar-refractivity contribution in [2.45, 2.75) is 0 Å². The van der Waals surface area contributed by atoms with Crippen molar-refractivity contribution in [3.8, 4) is 0 Å². The first kappa shape index (κ1) is 10.9. The Morgan fingerprint density at radius 3 is 2.23 bits per heavy atom. The molecule has 5 heteroatoms. The van der Waals surface area contributed by atoms with Crippen LogP contribution < -0.4 is 0 Å². The second-order valence-electron chi connectivity index (χ2n) is 2.23. The molecule has 1 aromatic rings. The summed E-state index contributed by atoms with van der Waals surface area (Å²) in [6.07, 6.45) is 0. The number of halogens is 2. The molecule has 0 amide bonds. The molecule has 0 N–H and O–H groups in total. The lowest BCUT2D eigenvalue weighted by Gasteiger charge is -1.97. The summed E-state index contributed by atoms with van der Waals surface area (Å²) in [4.78, 5) is 10.1. The maximum atomic E-state index is 10.4. The molecule has 0 aliphatic carbocycles. The lowest BCUT2D eigenvalue weighted by atomic mass is 10.2. The largest absolute Gasteiger partial charge is 0.317 e. The predicted molar refractivity (Wildman–Crippen MR) is 68.4 cm³/mol. The van der Waals surface area contributed by atoms with Crippen LogP contribution in [0.5, 0.6) is 0 Å². The maximum Gasteiger partial charge on any atom is 0.317 e. The SMILES string of the molecule is O=[N+]([O-])C(I)=C(I)c1ccccc1. The number of hydrogen-bond acceptors (Lipinski definition) is 2. The van der Waals surface area contributed by atoms with Crippen molar-refractivity contribution in [2.24, 2.45) is 0 Å². The van der Waals surface area contributed by atoms with Crippen LogP contribution >= 0.6 is 45.2 Å². The molecule has 0 radical (unpaired) electrons. The second-order valence-corrected chi connectivity index (χ2v) is 4.33. The number of benzene rings is 1. The van der Waals surface area contributed by atoms with Gasteiger partial charge < -0.3 is 0 Å². The average molecular weight is 401 g/mol. The van der Waals surface area contributed by atoms with E-state index in [1.54, 1.807) is 22.6 Å². The fourth-order valence-corrected chi connectivity index (χ4v) is 1.65. The van der Waals surface area contributed by atoms with Gasteiger partial charge in [-0.15, -0.1) is 0 Å². The number of nitro groups is 1. The van der Waals surface area contributed by atoms with Crippen molar-refractivity contribution in [3.63, 3.8) is 0 Å². The van der Waals surface area contributed by atoms with Gasteiger partial charge in [-0.2, -0.15) is 0 Å². The zero-order valence-electron chi connectivity index (χ0n) is 6.41. The van der Waals surface area contributed by atoms with Crippen molar-refractivity contribution in [1.82, 2.24) is 0 Å². The van der Waals surface area contributed by atoms with E-state index >= 15 is 0 Å². The highest BCUT2D eigenvalue weighted by molar-refractivity contribution is 14.1. The van der Waals surface area contributed by atoms with Crippen molar-refractivity contribution in [1.29, 1.82) is 0 Å². The van der Waals surface area contributed by atoms with Gasteiger partial charge in [-0.05, 0) is 28.2 Å². The van der Waals surface area contributed by atoms with Gasteiger partial charge in [-0.3, -0.25) is 10.1 Å². The van der Waals surface area contributed by atoms with Crippen LogP contribution in [0.4, 0.5) is 0 Å². The van der Waals surface area contributed by atoms with Gasteiger partial charge in [0.15, 0.2) is 0 Å². The summed E-state index contributed by atoms with van der Waals surface area (Å²) in [7, 11) is 0. The lowest BCUT2D eigenvalue weighted by Crippen LogP contribution is -1.92. The first-order chi connectivity index (χ1) is 6.13.